The molecule has 0 aromatic carbocycles. The van der Waals surface area contributed by atoms with Crippen LogP contribution in [0.2, 0.25) is 0 Å². The third kappa shape index (κ3) is 2.02. The fraction of sp³-hybridized carbons (Fsp3) is 0.667. The van der Waals surface area contributed by atoms with Crippen LogP contribution < -0.4 is 0 Å². The van der Waals surface area contributed by atoms with Crippen molar-refractivity contribution in [1.29, 1.82) is 0 Å². The van der Waals surface area contributed by atoms with Gasteiger partial charge in [-0.25, -0.2) is 0 Å². The Balaban J connectivity index is 2.00. The molecule has 1 aliphatic carbocycles. The molecule has 1 saturated carbocycles. The summed E-state index contributed by atoms with van der Waals surface area (Å²) in [6, 6.07) is 0. The molecule has 2 atom stereocenters. The van der Waals surface area contributed by atoms with Gasteiger partial charge in [0.15, 0.2) is 0 Å². The minimum atomic E-state index is -0.366. The van der Waals surface area contributed by atoms with Gasteiger partial charge in [-0.2, -0.15) is 0 Å². The van der Waals surface area contributed by atoms with Gasteiger partial charge in [0.25, 0.3) is 11.8 Å². The van der Waals surface area contributed by atoms with Crippen LogP contribution in [0.1, 0.15) is 32.6 Å². The van der Waals surface area contributed by atoms with Gasteiger partial charge in [0, 0.05) is 24.1 Å². The highest BCUT2D eigenvalue weighted by atomic mass is 16.3. The normalized spacial score (nSPS) is 30.9. The van der Waals surface area contributed by atoms with Crippen molar-refractivity contribution in [1.82, 2.24) is 4.90 Å². The lowest BCUT2D eigenvalue weighted by molar-refractivity contribution is -0.138. The molecule has 1 aliphatic heterocycles. The molecule has 1 N–H and O–H groups in total. The Bertz CT molecular complexity index is 348. The van der Waals surface area contributed by atoms with E-state index >= 15 is 0 Å². The van der Waals surface area contributed by atoms with E-state index in [1.54, 1.807) is 6.92 Å². The van der Waals surface area contributed by atoms with Crippen LogP contribution in [0.5, 0.6) is 0 Å². The molecule has 0 aromatic heterocycles. The highest BCUT2D eigenvalue weighted by Gasteiger charge is 2.33. The van der Waals surface area contributed by atoms with Crippen molar-refractivity contribution < 1.29 is 14.7 Å². The SMILES string of the molecule is CC1=CC(=O)N(CC2CCCCC2O)C1=O. The predicted octanol–water partition coefficient (Wildman–Crippen LogP) is 0.853. The molecule has 2 amide bonds. The maximum atomic E-state index is 11.7. The molecule has 4 heteroatoms. The van der Waals surface area contributed by atoms with Crippen LogP contribution in [0.3, 0.4) is 0 Å². The number of hydrogen-bond donors (Lipinski definition) is 1. The molecule has 0 saturated heterocycles. The van der Waals surface area contributed by atoms with E-state index in [0.29, 0.717) is 12.1 Å². The van der Waals surface area contributed by atoms with Gasteiger partial charge in [-0.3, -0.25) is 14.5 Å². The Morgan fingerprint density at radius 1 is 1.38 bits per heavy atom. The number of imide groups is 1. The summed E-state index contributed by atoms with van der Waals surface area (Å²) < 4.78 is 0. The molecule has 2 aliphatic rings. The van der Waals surface area contributed by atoms with Gasteiger partial charge in [0.05, 0.1) is 6.10 Å². The van der Waals surface area contributed by atoms with E-state index in [1.165, 1.54) is 11.0 Å². The second-order valence-electron chi connectivity index (χ2n) is 4.69. The Kier molecular flexibility index (Phi) is 3.10. The summed E-state index contributed by atoms with van der Waals surface area (Å²) in [5.41, 5.74) is 0.496. The van der Waals surface area contributed by atoms with Crippen molar-refractivity contribution >= 4 is 11.8 Å². The third-order valence-electron chi connectivity index (χ3n) is 3.47. The number of rotatable bonds is 2. The molecule has 4 nitrogen and oxygen atoms in total. The molecule has 2 rings (SSSR count). The van der Waals surface area contributed by atoms with Gasteiger partial charge in [0.1, 0.15) is 0 Å². The van der Waals surface area contributed by atoms with Gasteiger partial charge >= 0.3 is 0 Å². The lowest BCUT2D eigenvalue weighted by atomic mass is 9.86. The number of nitrogens with zero attached hydrogens (tertiary/aromatic N) is 1. The highest BCUT2D eigenvalue weighted by Crippen LogP contribution is 2.26. The summed E-state index contributed by atoms with van der Waals surface area (Å²) in [5, 5.41) is 9.80. The average Bonchev–Trinajstić information content (AvgIpc) is 2.48. The standard InChI is InChI=1S/C12H17NO3/c1-8-6-11(15)13(12(8)16)7-9-4-2-3-5-10(9)14/h6,9-10,14H,2-5,7H2,1H3. The zero-order valence-corrected chi connectivity index (χ0v) is 9.48. The lowest BCUT2D eigenvalue weighted by Gasteiger charge is -2.30. The Hall–Kier alpha value is -1.16. The molecule has 0 spiro atoms. The molecule has 2 unspecified atom stereocenters. The summed E-state index contributed by atoms with van der Waals surface area (Å²) in [4.78, 5) is 24.4. The Morgan fingerprint density at radius 3 is 2.62 bits per heavy atom. The summed E-state index contributed by atoms with van der Waals surface area (Å²) >= 11 is 0. The van der Waals surface area contributed by atoms with Crippen LogP contribution in [0, 0.1) is 5.92 Å². The van der Waals surface area contributed by atoms with Gasteiger partial charge in [0.2, 0.25) is 0 Å². The molecular weight excluding hydrogens is 206 g/mol. The smallest absolute Gasteiger partial charge is 0.256 e. The van der Waals surface area contributed by atoms with Crippen LogP contribution in [-0.4, -0.2) is 34.5 Å². The number of aliphatic hydroxyl groups is 1. The van der Waals surface area contributed by atoms with E-state index < -0.39 is 0 Å². The first kappa shape index (κ1) is 11.3. The van der Waals surface area contributed by atoms with E-state index in [-0.39, 0.29) is 23.8 Å². The number of aliphatic hydroxyl groups excluding tert-OH is 1. The van der Waals surface area contributed by atoms with Gasteiger partial charge in [-0.05, 0) is 19.8 Å². The molecule has 1 fully saturated rings. The van der Waals surface area contributed by atoms with Crippen molar-refractivity contribution in [3.8, 4) is 0 Å². The first-order valence-corrected chi connectivity index (χ1v) is 5.82. The first-order valence-electron chi connectivity index (χ1n) is 5.82. The second kappa shape index (κ2) is 4.37. The van der Waals surface area contributed by atoms with Crippen molar-refractivity contribution in [2.24, 2.45) is 5.92 Å². The number of amides is 2. The molecule has 1 heterocycles. The van der Waals surface area contributed by atoms with Crippen LogP contribution in [0.15, 0.2) is 11.6 Å². The van der Waals surface area contributed by atoms with Crippen molar-refractivity contribution in [2.45, 2.75) is 38.7 Å². The molecule has 88 valence electrons. The largest absolute Gasteiger partial charge is 0.393 e. The molecule has 0 aromatic rings. The zero-order chi connectivity index (χ0) is 11.7. The van der Waals surface area contributed by atoms with Gasteiger partial charge < -0.3 is 5.11 Å². The quantitative estimate of drug-likeness (QED) is 0.706. The minimum Gasteiger partial charge on any atom is -0.393 e. The van der Waals surface area contributed by atoms with Crippen LogP contribution in [0.4, 0.5) is 0 Å². The van der Waals surface area contributed by atoms with Gasteiger partial charge in [-0.15, -0.1) is 0 Å². The summed E-state index contributed by atoms with van der Waals surface area (Å²) in [6.07, 6.45) is 4.80. The van der Waals surface area contributed by atoms with Crippen molar-refractivity contribution in [3.63, 3.8) is 0 Å². The number of carbonyl (C=O) groups is 2. The van der Waals surface area contributed by atoms with E-state index in [4.69, 9.17) is 0 Å². The maximum Gasteiger partial charge on any atom is 0.256 e. The topological polar surface area (TPSA) is 57.6 Å². The van der Waals surface area contributed by atoms with Crippen molar-refractivity contribution in [2.75, 3.05) is 6.54 Å². The summed E-state index contributed by atoms with van der Waals surface area (Å²) in [5.74, 6) is -0.385. The molecule has 0 bridgehead atoms. The Morgan fingerprint density at radius 2 is 2.06 bits per heavy atom. The lowest BCUT2D eigenvalue weighted by Crippen LogP contribution is -2.40. The highest BCUT2D eigenvalue weighted by molar-refractivity contribution is 6.15. The minimum absolute atomic E-state index is 0.0564. The van der Waals surface area contributed by atoms with E-state index in [2.05, 4.69) is 0 Å². The van der Waals surface area contributed by atoms with Gasteiger partial charge in [-0.1, -0.05) is 12.8 Å². The van der Waals surface area contributed by atoms with Crippen LogP contribution >= 0.6 is 0 Å². The van der Waals surface area contributed by atoms with E-state index in [1.807, 2.05) is 0 Å². The fourth-order valence-electron chi connectivity index (χ4n) is 2.45. The number of hydrogen-bond acceptors (Lipinski definition) is 3. The maximum absolute atomic E-state index is 11.7. The van der Waals surface area contributed by atoms with Crippen LogP contribution in [0.25, 0.3) is 0 Å². The molecule has 0 radical (unpaired) electrons. The zero-order valence-electron chi connectivity index (χ0n) is 9.48. The fourth-order valence-corrected chi connectivity index (χ4v) is 2.45. The summed E-state index contributed by atoms with van der Waals surface area (Å²) in [7, 11) is 0. The monoisotopic (exact) mass is 223 g/mol. The average molecular weight is 223 g/mol. The number of carbonyl (C=O) groups excluding carboxylic acids is 2. The second-order valence-corrected chi connectivity index (χ2v) is 4.69. The first-order chi connectivity index (χ1) is 7.59. The van der Waals surface area contributed by atoms with Crippen molar-refractivity contribution in [3.05, 3.63) is 11.6 Å². The Labute approximate surface area is 94.9 Å². The third-order valence-corrected chi connectivity index (χ3v) is 3.47. The molecule has 16 heavy (non-hydrogen) atoms. The predicted molar refractivity (Wildman–Crippen MR) is 58.4 cm³/mol. The van der Waals surface area contributed by atoms with E-state index in [9.17, 15) is 14.7 Å². The van der Waals surface area contributed by atoms with Crippen LogP contribution in [-0.2, 0) is 9.59 Å². The molecular formula is C12H17NO3. The summed E-state index contributed by atoms with van der Waals surface area (Å²) in [6.45, 7) is 2.02. The van der Waals surface area contributed by atoms with E-state index in [0.717, 1.165) is 25.7 Å².